The number of nitrogens with zero attached hydrogens (tertiary/aromatic N) is 3. The van der Waals surface area contributed by atoms with E-state index in [1.165, 1.54) is 0 Å². The second-order valence-corrected chi connectivity index (χ2v) is 4.18. The zero-order valence-corrected chi connectivity index (χ0v) is 10.4. The lowest BCUT2D eigenvalue weighted by atomic mass is 10.2. The van der Waals surface area contributed by atoms with E-state index in [1.807, 2.05) is 37.2 Å². The summed E-state index contributed by atoms with van der Waals surface area (Å²) in [7, 11) is 3.85. The molecule has 0 aliphatic heterocycles. The highest BCUT2D eigenvalue weighted by Crippen LogP contribution is 2.29. The summed E-state index contributed by atoms with van der Waals surface area (Å²) in [6, 6.07) is 5.57. The Labute approximate surface area is 104 Å². The summed E-state index contributed by atoms with van der Waals surface area (Å²) in [5.41, 5.74) is 7.17. The van der Waals surface area contributed by atoms with Crippen molar-refractivity contribution >= 4 is 17.3 Å². The van der Waals surface area contributed by atoms with E-state index in [1.54, 1.807) is 0 Å². The Balaban J connectivity index is 2.42. The number of hydrogen-bond donors (Lipinski definition) is 1. The topological polar surface area (TPSA) is 68.2 Å². The summed E-state index contributed by atoms with van der Waals surface area (Å²) in [4.78, 5) is 6.09. The Morgan fingerprint density at radius 2 is 2.18 bits per heavy atom. The average Bonchev–Trinajstić information content (AvgIpc) is 2.78. The molecule has 1 aromatic carbocycles. The molecule has 0 unspecified atom stereocenters. The van der Waals surface area contributed by atoms with Crippen LogP contribution in [0.25, 0.3) is 11.4 Å². The molecular formula is C11H13ClN4O. The van der Waals surface area contributed by atoms with E-state index in [-0.39, 0.29) is 6.54 Å². The summed E-state index contributed by atoms with van der Waals surface area (Å²) in [5, 5.41) is 4.54. The lowest BCUT2D eigenvalue weighted by Gasteiger charge is -2.14. The van der Waals surface area contributed by atoms with Gasteiger partial charge in [0.05, 0.1) is 17.3 Å². The molecule has 0 saturated carbocycles. The molecule has 2 N–H and O–H groups in total. The van der Waals surface area contributed by atoms with Crippen molar-refractivity contribution in [1.29, 1.82) is 0 Å². The van der Waals surface area contributed by atoms with Gasteiger partial charge in [0.25, 0.3) is 0 Å². The number of aromatic nitrogens is 2. The Morgan fingerprint density at radius 3 is 2.76 bits per heavy atom. The van der Waals surface area contributed by atoms with E-state index >= 15 is 0 Å². The van der Waals surface area contributed by atoms with Crippen LogP contribution in [0.4, 0.5) is 5.69 Å². The molecule has 0 atom stereocenters. The molecule has 0 spiro atoms. The van der Waals surface area contributed by atoms with Crippen LogP contribution in [0.5, 0.6) is 0 Å². The van der Waals surface area contributed by atoms with Gasteiger partial charge in [-0.1, -0.05) is 16.8 Å². The Bertz CT molecular complexity index is 524. The lowest BCUT2D eigenvalue weighted by Crippen LogP contribution is -2.09. The predicted molar refractivity (Wildman–Crippen MR) is 67.0 cm³/mol. The molecular weight excluding hydrogens is 240 g/mol. The van der Waals surface area contributed by atoms with Crippen molar-refractivity contribution in [3.8, 4) is 11.4 Å². The zero-order chi connectivity index (χ0) is 12.4. The standard InChI is InChI=1S/C11H13ClN4O/c1-16(2)9-5-7(3-4-8(9)12)11-14-10(6-13)17-15-11/h3-5H,6,13H2,1-2H3. The van der Waals surface area contributed by atoms with E-state index in [9.17, 15) is 0 Å². The second-order valence-electron chi connectivity index (χ2n) is 3.78. The Hall–Kier alpha value is -1.59. The number of halogens is 1. The molecule has 0 aliphatic carbocycles. The van der Waals surface area contributed by atoms with Crippen molar-refractivity contribution in [3.63, 3.8) is 0 Å². The summed E-state index contributed by atoms with van der Waals surface area (Å²) in [5.74, 6) is 0.937. The van der Waals surface area contributed by atoms with Crippen molar-refractivity contribution in [2.24, 2.45) is 5.73 Å². The number of rotatable bonds is 3. The molecule has 90 valence electrons. The smallest absolute Gasteiger partial charge is 0.240 e. The minimum absolute atomic E-state index is 0.237. The van der Waals surface area contributed by atoms with Crippen LogP contribution in [0, 0.1) is 0 Å². The first-order chi connectivity index (χ1) is 8.11. The van der Waals surface area contributed by atoms with Crippen molar-refractivity contribution < 1.29 is 4.52 Å². The van der Waals surface area contributed by atoms with Crippen LogP contribution in [0.3, 0.4) is 0 Å². The van der Waals surface area contributed by atoms with Crippen molar-refractivity contribution in [1.82, 2.24) is 10.1 Å². The van der Waals surface area contributed by atoms with E-state index in [2.05, 4.69) is 10.1 Å². The minimum atomic E-state index is 0.237. The molecule has 0 aliphatic rings. The van der Waals surface area contributed by atoms with Crippen LogP contribution in [0.2, 0.25) is 5.02 Å². The van der Waals surface area contributed by atoms with Gasteiger partial charge in [-0.3, -0.25) is 0 Å². The third kappa shape index (κ3) is 2.40. The molecule has 2 rings (SSSR count). The molecule has 1 aromatic heterocycles. The first-order valence-corrected chi connectivity index (χ1v) is 5.49. The normalized spacial score (nSPS) is 10.6. The van der Waals surface area contributed by atoms with Crippen molar-refractivity contribution in [2.75, 3.05) is 19.0 Å². The Kier molecular flexibility index (Phi) is 3.31. The maximum Gasteiger partial charge on any atom is 0.240 e. The summed E-state index contributed by atoms with van der Waals surface area (Å²) < 4.78 is 4.97. The van der Waals surface area contributed by atoms with Gasteiger partial charge in [0.1, 0.15) is 0 Å². The van der Waals surface area contributed by atoms with Gasteiger partial charge in [-0.05, 0) is 18.2 Å². The minimum Gasteiger partial charge on any atom is -0.376 e. The fourth-order valence-electron chi connectivity index (χ4n) is 1.45. The van der Waals surface area contributed by atoms with Crippen LogP contribution < -0.4 is 10.6 Å². The molecule has 17 heavy (non-hydrogen) atoms. The van der Waals surface area contributed by atoms with Gasteiger partial charge in [0, 0.05) is 19.7 Å². The maximum absolute atomic E-state index is 6.09. The van der Waals surface area contributed by atoms with Gasteiger partial charge in [-0.25, -0.2) is 0 Å². The van der Waals surface area contributed by atoms with E-state index in [0.717, 1.165) is 11.3 Å². The third-order valence-electron chi connectivity index (χ3n) is 2.33. The summed E-state index contributed by atoms with van der Waals surface area (Å²) in [6.45, 7) is 0.237. The fourth-order valence-corrected chi connectivity index (χ4v) is 1.74. The SMILES string of the molecule is CN(C)c1cc(-c2noc(CN)n2)ccc1Cl. The Morgan fingerprint density at radius 1 is 1.41 bits per heavy atom. The molecule has 6 heteroatoms. The first-order valence-electron chi connectivity index (χ1n) is 5.11. The van der Waals surface area contributed by atoms with Crippen LogP contribution in [0.1, 0.15) is 5.89 Å². The van der Waals surface area contributed by atoms with Crippen LogP contribution in [-0.2, 0) is 6.54 Å². The highest BCUT2D eigenvalue weighted by Gasteiger charge is 2.10. The first kappa shape index (κ1) is 11.9. The monoisotopic (exact) mass is 252 g/mol. The molecule has 0 amide bonds. The number of nitrogens with two attached hydrogens (primary N) is 1. The van der Waals surface area contributed by atoms with Crippen LogP contribution >= 0.6 is 11.6 Å². The molecule has 0 fully saturated rings. The molecule has 0 saturated heterocycles. The van der Waals surface area contributed by atoms with Gasteiger partial charge in [0.15, 0.2) is 0 Å². The van der Waals surface area contributed by atoms with Crippen molar-refractivity contribution in [3.05, 3.63) is 29.1 Å². The number of hydrogen-bond acceptors (Lipinski definition) is 5. The number of benzene rings is 1. The lowest BCUT2D eigenvalue weighted by molar-refractivity contribution is 0.380. The number of anilines is 1. The molecule has 5 nitrogen and oxygen atoms in total. The average molecular weight is 253 g/mol. The summed E-state index contributed by atoms with van der Waals surface area (Å²) >= 11 is 6.09. The highest BCUT2D eigenvalue weighted by atomic mass is 35.5. The van der Waals surface area contributed by atoms with Gasteiger partial charge in [0.2, 0.25) is 11.7 Å². The molecule has 0 bridgehead atoms. The van der Waals surface area contributed by atoms with Gasteiger partial charge >= 0.3 is 0 Å². The molecule has 0 radical (unpaired) electrons. The maximum atomic E-state index is 6.09. The van der Waals surface area contributed by atoms with E-state index in [0.29, 0.717) is 16.7 Å². The highest BCUT2D eigenvalue weighted by molar-refractivity contribution is 6.33. The van der Waals surface area contributed by atoms with Gasteiger partial charge < -0.3 is 15.2 Å². The van der Waals surface area contributed by atoms with Crippen LogP contribution in [0.15, 0.2) is 22.7 Å². The second kappa shape index (κ2) is 4.73. The zero-order valence-electron chi connectivity index (χ0n) is 9.64. The van der Waals surface area contributed by atoms with E-state index in [4.69, 9.17) is 21.9 Å². The van der Waals surface area contributed by atoms with Crippen LogP contribution in [-0.4, -0.2) is 24.2 Å². The largest absolute Gasteiger partial charge is 0.376 e. The third-order valence-corrected chi connectivity index (χ3v) is 2.65. The fraction of sp³-hybridized carbons (Fsp3) is 0.273. The van der Waals surface area contributed by atoms with E-state index < -0.39 is 0 Å². The van der Waals surface area contributed by atoms with Gasteiger partial charge in [-0.15, -0.1) is 0 Å². The molecule has 1 heterocycles. The molecule has 2 aromatic rings. The van der Waals surface area contributed by atoms with Crippen molar-refractivity contribution in [2.45, 2.75) is 6.54 Å². The summed E-state index contributed by atoms with van der Waals surface area (Å²) in [6.07, 6.45) is 0. The van der Waals surface area contributed by atoms with Gasteiger partial charge in [-0.2, -0.15) is 4.98 Å². The quantitative estimate of drug-likeness (QED) is 0.904. The predicted octanol–water partition coefficient (Wildman–Crippen LogP) is 1.91.